The molecule has 0 heteroatoms. The molecule has 0 spiro atoms. The molecule has 0 heterocycles. The SMILES string of the molecule is C=C(/C=C\C)/C(=C(C)/C=C\C)c1ccccc1. The van der Waals surface area contributed by atoms with E-state index in [0.717, 1.165) is 5.57 Å². The minimum Gasteiger partial charge on any atom is -0.0911 e. The van der Waals surface area contributed by atoms with E-state index in [1.54, 1.807) is 0 Å². The minimum atomic E-state index is 1.05. The van der Waals surface area contributed by atoms with E-state index in [-0.39, 0.29) is 0 Å². The second kappa shape index (κ2) is 6.70. The summed E-state index contributed by atoms with van der Waals surface area (Å²) in [5.41, 5.74) is 4.71. The van der Waals surface area contributed by atoms with Crippen molar-refractivity contribution in [3.8, 4) is 0 Å². The molecule has 0 nitrogen and oxygen atoms in total. The second-order valence-electron chi connectivity index (χ2n) is 3.95. The molecule has 0 saturated carbocycles. The third-order valence-corrected chi connectivity index (χ3v) is 2.56. The van der Waals surface area contributed by atoms with E-state index in [1.165, 1.54) is 16.7 Å². The first-order valence-electron chi connectivity index (χ1n) is 5.91. The van der Waals surface area contributed by atoms with Crippen molar-refractivity contribution < 1.29 is 0 Å². The summed E-state index contributed by atoms with van der Waals surface area (Å²) >= 11 is 0. The average Bonchev–Trinajstić information content (AvgIpc) is 2.31. The fourth-order valence-corrected chi connectivity index (χ4v) is 1.89. The average molecular weight is 224 g/mol. The first-order valence-corrected chi connectivity index (χ1v) is 5.91. The molecule has 0 fully saturated rings. The van der Waals surface area contributed by atoms with Gasteiger partial charge in [-0.1, -0.05) is 61.2 Å². The first kappa shape index (κ1) is 13.2. The summed E-state index contributed by atoms with van der Waals surface area (Å²) in [5.74, 6) is 0. The van der Waals surface area contributed by atoms with Crippen LogP contribution in [0.1, 0.15) is 26.3 Å². The minimum absolute atomic E-state index is 1.05. The fourth-order valence-electron chi connectivity index (χ4n) is 1.89. The summed E-state index contributed by atoms with van der Waals surface area (Å²) in [4.78, 5) is 0. The van der Waals surface area contributed by atoms with Gasteiger partial charge < -0.3 is 0 Å². The molecule has 0 radical (unpaired) electrons. The van der Waals surface area contributed by atoms with Crippen LogP contribution in [0.25, 0.3) is 5.57 Å². The van der Waals surface area contributed by atoms with Crippen molar-refractivity contribution in [2.75, 3.05) is 0 Å². The Labute approximate surface area is 105 Å². The largest absolute Gasteiger partial charge is 0.0911 e. The summed E-state index contributed by atoms with van der Waals surface area (Å²) in [6, 6.07) is 10.4. The number of benzene rings is 1. The molecule has 0 aliphatic rings. The molecule has 0 bridgehead atoms. The van der Waals surface area contributed by atoms with Gasteiger partial charge in [-0.3, -0.25) is 0 Å². The molecule has 1 aromatic carbocycles. The summed E-state index contributed by atoms with van der Waals surface area (Å²) in [7, 11) is 0. The van der Waals surface area contributed by atoms with Crippen LogP contribution in [0.3, 0.4) is 0 Å². The zero-order valence-corrected chi connectivity index (χ0v) is 10.9. The van der Waals surface area contributed by atoms with Crippen molar-refractivity contribution in [1.82, 2.24) is 0 Å². The summed E-state index contributed by atoms with van der Waals surface area (Å²) in [6.45, 7) is 10.3. The van der Waals surface area contributed by atoms with Crippen LogP contribution in [0.2, 0.25) is 0 Å². The first-order chi connectivity index (χ1) is 8.20. The lowest BCUT2D eigenvalue weighted by Gasteiger charge is -2.11. The third-order valence-electron chi connectivity index (χ3n) is 2.56. The zero-order valence-electron chi connectivity index (χ0n) is 10.9. The lowest BCUT2D eigenvalue weighted by atomic mass is 9.94. The molecular formula is C17H20. The topological polar surface area (TPSA) is 0 Å². The molecular weight excluding hydrogens is 204 g/mol. The predicted molar refractivity (Wildman–Crippen MR) is 77.8 cm³/mol. The van der Waals surface area contributed by atoms with Crippen LogP contribution in [0.5, 0.6) is 0 Å². The Morgan fingerprint density at radius 2 is 1.59 bits per heavy atom. The van der Waals surface area contributed by atoms with Crippen LogP contribution in [0, 0.1) is 0 Å². The zero-order chi connectivity index (χ0) is 12.7. The van der Waals surface area contributed by atoms with E-state index >= 15 is 0 Å². The smallest absolute Gasteiger partial charge is 0.00883 e. The molecule has 1 rings (SSSR count). The number of allylic oxidation sites excluding steroid dienone is 7. The lowest BCUT2D eigenvalue weighted by molar-refractivity contribution is 1.46. The molecule has 0 unspecified atom stereocenters. The van der Waals surface area contributed by atoms with E-state index in [2.05, 4.69) is 56.0 Å². The van der Waals surface area contributed by atoms with Gasteiger partial charge in [0, 0.05) is 0 Å². The van der Waals surface area contributed by atoms with E-state index in [4.69, 9.17) is 0 Å². The highest BCUT2D eigenvalue weighted by Crippen LogP contribution is 2.27. The van der Waals surface area contributed by atoms with Gasteiger partial charge in [0.2, 0.25) is 0 Å². The van der Waals surface area contributed by atoms with E-state index < -0.39 is 0 Å². The Balaban J connectivity index is 3.31. The molecule has 0 aliphatic carbocycles. The van der Waals surface area contributed by atoms with Gasteiger partial charge in [-0.15, -0.1) is 0 Å². The van der Waals surface area contributed by atoms with Crippen molar-refractivity contribution in [2.24, 2.45) is 0 Å². The van der Waals surface area contributed by atoms with Gasteiger partial charge in [-0.05, 0) is 43.1 Å². The lowest BCUT2D eigenvalue weighted by Crippen LogP contribution is -1.90. The standard InChI is InChI=1S/C17H20/c1-5-10-14(3)17(15(4)11-6-2)16-12-8-7-9-13-16/h5-13H,3H2,1-2,4H3/b10-5-,11-6-,17-15-. The van der Waals surface area contributed by atoms with Crippen LogP contribution in [-0.4, -0.2) is 0 Å². The van der Waals surface area contributed by atoms with Gasteiger partial charge >= 0.3 is 0 Å². The van der Waals surface area contributed by atoms with Crippen LogP contribution in [-0.2, 0) is 0 Å². The van der Waals surface area contributed by atoms with Crippen LogP contribution in [0.15, 0.2) is 72.4 Å². The second-order valence-corrected chi connectivity index (χ2v) is 3.95. The summed E-state index contributed by atoms with van der Waals surface area (Å²) < 4.78 is 0. The Morgan fingerprint density at radius 1 is 1.00 bits per heavy atom. The molecule has 0 saturated heterocycles. The van der Waals surface area contributed by atoms with Gasteiger partial charge in [-0.2, -0.15) is 0 Å². The van der Waals surface area contributed by atoms with Crippen molar-refractivity contribution >= 4 is 5.57 Å². The molecule has 1 aromatic rings. The molecule has 0 amide bonds. The van der Waals surface area contributed by atoms with E-state index in [9.17, 15) is 0 Å². The van der Waals surface area contributed by atoms with Gasteiger partial charge in [0.05, 0.1) is 0 Å². The molecule has 88 valence electrons. The quantitative estimate of drug-likeness (QED) is 0.619. The number of hydrogen-bond acceptors (Lipinski definition) is 0. The van der Waals surface area contributed by atoms with Crippen molar-refractivity contribution in [1.29, 1.82) is 0 Å². The highest BCUT2D eigenvalue weighted by molar-refractivity contribution is 5.84. The molecule has 0 aromatic heterocycles. The molecule has 0 N–H and O–H groups in total. The highest BCUT2D eigenvalue weighted by Gasteiger charge is 2.05. The summed E-state index contributed by atoms with van der Waals surface area (Å²) in [5, 5.41) is 0. The number of rotatable bonds is 4. The van der Waals surface area contributed by atoms with Gasteiger partial charge in [0.1, 0.15) is 0 Å². The molecule has 0 aliphatic heterocycles. The van der Waals surface area contributed by atoms with Crippen molar-refractivity contribution in [3.05, 3.63) is 77.9 Å². The van der Waals surface area contributed by atoms with Crippen molar-refractivity contribution in [3.63, 3.8) is 0 Å². The monoisotopic (exact) mass is 224 g/mol. The Hall–Kier alpha value is -1.82. The van der Waals surface area contributed by atoms with Gasteiger partial charge in [0.25, 0.3) is 0 Å². The van der Waals surface area contributed by atoms with E-state index in [0.29, 0.717) is 0 Å². The Bertz CT molecular complexity index is 456. The van der Waals surface area contributed by atoms with Gasteiger partial charge in [-0.25, -0.2) is 0 Å². The maximum Gasteiger partial charge on any atom is -0.00883 e. The molecule has 0 atom stereocenters. The van der Waals surface area contributed by atoms with Gasteiger partial charge in [0.15, 0.2) is 0 Å². The van der Waals surface area contributed by atoms with Crippen LogP contribution >= 0.6 is 0 Å². The Morgan fingerprint density at radius 3 is 2.12 bits per heavy atom. The third kappa shape index (κ3) is 3.60. The normalized spacial score (nSPS) is 13.1. The maximum absolute atomic E-state index is 4.15. The Kier molecular flexibility index (Phi) is 5.22. The van der Waals surface area contributed by atoms with Crippen molar-refractivity contribution in [2.45, 2.75) is 20.8 Å². The molecule has 17 heavy (non-hydrogen) atoms. The predicted octanol–water partition coefficient (Wildman–Crippen LogP) is 5.17. The van der Waals surface area contributed by atoms with E-state index in [1.807, 2.05) is 26.0 Å². The number of hydrogen-bond donors (Lipinski definition) is 0. The highest BCUT2D eigenvalue weighted by atomic mass is 14.1. The summed E-state index contributed by atoms with van der Waals surface area (Å²) in [6.07, 6.45) is 8.25. The van der Waals surface area contributed by atoms with Crippen LogP contribution in [0.4, 0.5) is 0 Å². The van der Waals surface area contributed by atoms with Crippen LogP contribution < -0.4 is 0 Å². The fraction of sp³-hybridized carbons (Fsp3) is 0.176. The maximum atomic E-state index is 4.15.